The highest BCUT2D eigenvalue weighted by Crippen LogP contribution is 2.20. The Hall–Kier alpha value is -0.860. The first kappa shape index (κ1) is 13.2. The standard InChI is InChI=1S/C13H23NO2/c1-10-5-6-12(16)14(8-7-10)9-11(15)13(2,3)4/h10H,5-9H2,1-4H3. The monoisotopic (exact) mass is 225 g/mol. The summed E-state index contributed by atoms with van der Waals surface area (Å²) in [5, 5.41) is 0. The summed E-state index contributed by atoms with van der Waals surface area (Å²) >= 11 is 0. The molecular formula is C13H23NO2. The van der Waals surface area contributed by atoms with Crippen LogP contribution in [0.25, 0.3) is 0 Å². The zero-order chi connectivity index (χ0) is 12.3. The molecule has 0 aliphatic carbocycles. The molecule has 0 aromatic rings. The van der Waals surface area contributed by atoms with Gasteiger partial charge in [0.1, 0.15) is 0 Å². The molecule has 3 heteroatoms. The Labute approximate surface area is 98.2 Å². The number of hydrogen-bond acceptors (Lipinski definition) is 2. The largest absolute Gasteiger partial charge is 0.335 e. The molecular weight excluding hydrogens is 202 g/mol. The molecule has 0 radical (unpaired) electrons. The van der Waals surface area contributed by atoms with E-state index in [0.717, 1.165) is 19.4 Å². The summed E-state index contributed by atoms with van der Waals surface area (Å²) in [6, 6.07) is 0. The second-order valence-electron chi connectivity index (χ2n) is 5.92. The first-order valence-corrected chi connectivity index (χ1v) is 6.12. The molecule has 92 valence electrons. The lowest BCUT2D eigenvalue weighted by Crippen LogP contribution is -2.39. The molecule has 1 fully saturated rings. The minimum absolute atomic E-state index is 0.141. The normalized spacial score (nSPS) is 23.1. The van der Waals surface area contributed by atoms with Crippen molar-refractivity contribution in [2.24, 2.45) is 11.3 Å². The smallest absolute Gasteiger partial charge is 0.222 e. The third-order valence-corrected chi connectivity index (χ3v) is 3.27. The van der Waals surface area contributed by atoms with E-state index >= 15 is 0 Å². The lowest BCUT2D eigenvalue weighted by Gasteiger charge is -2.24. The van der Waals surface area contributed by atoms with Crippen molar-refractivity contribution in [2.75, 3.05) is 13.1 Å². The topological polar surface area (TPSA) is 37.4 Å². The van der Waals surface area contributed by atoms with Crippen LogP contribution >= 0.6 is 0 Å². The molecule has 0 N–H and O–H groups in total. The van der Waals surface area contributed by atoms with Crippen LogP contribution in [0.4, 0.5) is 0 Å². The molecule has 3 nitrogen and oxygen atoms in total. The molecule has 1 aliphatic rings. The van der Waals surface area contributed by atoms with Gasteiger partial charge in [0.05, 0.1) is 6.54 Å². The minimum atomic E-state index is -0.349. The number of amides is 1. The van der Waals surface area contributed by atoms with E-state index < -0.39 is 0 Å². The molecule has 1 unspecified atom stereocenters. The van der Waals surface area contributed by atoms with Crippen molar-refractivity contribution < 1.29 is 9.59 Å². The Kier molecular flexibility index (Phi) is 4.11. The van der Waals surface area contributed by atoms with Gasteiger partial charge >= 0.3 is 0 Å². The third kappa shape index (κ3) is 3.62. The number of nitrogens with zero attached hydrogens (tertiary/aromatic N) is 1. The molecule has 0 bridgehead atoms. The molecule has 1 rings (SSSR count). The van der Waals surface area contributed by atoms with Gasteiger partial charge in [-0.05, 0) is 18.8 Å². The van der Waals surface area contributed by atoms with E-state index in [9.17, 15) is 9.59 Å². The van der Waals surface area contributed by atoms with E-state index in [-0.39, 0.29) is 23.7 Å². The average Bonchev–Trinajstić information content (AvgIpc) is 2.31. The number of hydrogen-bond donors (Lipinski definition) is 0. The van der Waals surface area contributed by atoms with Crippen molar-refractivity contribution in [3.8, 4) is 0 Å². The van der Waals surface area contributed by atoms with Gasteiger partial charge in [-0.15, -0.1) is 0 Å². The Bertz CT molecular complexity index is 278. The van der Waals surface area contributed by atoms with Crippen LogP contribution < -0.4 is 0 Å². The summed E-state index contributed by atoms with van der Waals surface area (Å²) in [7, 11) is 0. The summed E-state index contributed by atoms with van der Waals surface area (Å²) in [5.74, 6) is 0.885. The Morgan fingerprint density at radius 3 is 2.56 bits per heavy atom. The molecule has 0 aromatic carbocycles. The maximum absolute atomic E-state index is 11.9. The summed E-state index contributed by atoms with van der Waals surface area (Å²) in [5.41, 5.74) is -0.349. The van der Waals surface area contributed by atoms with Crippen LogP contribution in [0.15, 0.2) is 0 Å². The van der Waals surface area contributed by atoms with Crippen molar-refractivity contribution in [3.05, 3.63) is 0 Å². The maximum Gasteiger partial charge on any atom is 0.222 e. The summed E-state index contributed by atoms with van der Waals surface area (Å²) in [4.78, 5) is 25.4. The highest BCUT2D eigenvalue weighted by molar-refractivity contribution is 5.89. The van der Waals surface area contributed by atoms with E-state index in [1.807, 2.05) is 20.8 Å². The van der Waals surface area contributed by atoms with Gasteiger partial charge in [-0.1, -0.05) is 27.7 Å². The van der Waals surface area contributed by atoms with Gasteiger partial charge in [0, 0.05) is 18.4 Å². The minimum Gasteiger partial charge on any atom is -0.335 e. The fourth-order valence-electron chi connectivity index (χ4n) is 1.75. The number of carbonyl (C=O) groups is 2. The van der Waals surface area contributed by atoms with E-state index in [0.29, 0.717) is 12.3 Å². The molecule has 16 heavy (non-hydrogen) atoms. The zero-order valence-electron chi connectivity index (χ0n) is 10.9. The van der Waals surface area contributed by atoms with E-state index in [1.165, 1.54) is 0 Å². The quantitative estimate of drug-likeness (QED) is 0.723. The van der Waals surface area contributed by atoms with Crippen molar-refractivity contribution in [1.82, 2.24) is 4.90 Å². The van der Waals surface area contributed by atoms with Crippen molar-refractivity contribution >= 4 is 11.7 Å². The van der Waals surface area contributed by atoms with E-state index in [2.05, 4.69) is 6.92 Å². The fraction of sp³-hybridized carbons (Fsp3) is 0.846. The molecule has 0 saturated carbocycles. The second kappa shape index (κ2) is 4.98. The van der Waals surface area contributed by atoms with Crippen LogP contribution in [-0.4, -0.2) is 29.7 Å². The first-order chi connectivity index (χ1) is 7.30. The molecule has 0 aromatic heterocycles. The van der Waals surface area contributed by atoms with Crippen LogP contribution in [0.1, 0.15) is 47.0 Å². The van der Waals surface area contributed by atoms with Gasteiger partial charge < -0.3 is 4.90 Å². The predicted octanol–water partition coefficient (Wildman–Crippen LogP) is 2.25. The van der Waals surface area contributed by atoms with Gasteiger partial charge in [0.15, 0.2) is 5.78 Å². The van der Waals surface area contributed by atoms with Gasteiger partial charge in [0.2, 0.25) is 5.91 Å². The van der Waals surface area contributed by atoms with Crippen LogP contribution in [0.2, 0.25) is 0 Å². The number of Topliss-reactive ketones (excluding diaryl/α,β-unsaturated/α-hetero) is 1. The average molecular weight is 225 g/mol. The molecule has 0 spiro atoms. The number of carbonyl (C=O) groups excluding carboxylic acids is 2. The van der Waals surface area contributed by atoms with Crippen LogP contribution in [0, 0.1) is 11.3 Å². The Balaban J connectivity index is 2.59. The SMILES string of the molecule is CC1CCC(=O)N(CC(=O)C(C)(C)C)CC1. The van der Waals surface area contributed by atoms with Crippen LogP contribution in [0.3, 0.4) is 0 Å². The number of likely N-dealkylation sites (tertiary alicyclic amines) is 1. The molecule has 1 saturated heterocycles. The Morgan fingerprint density at radius 1 is 1.38 bits per heavy atom. The Morgan fingerprint density at radius 2 is 2.00 bits per heavy atom. The predicted molar refractivity (Wildman–Crippen MR) is 64.1 cm³/mol. The second-order valence-corrected chi connectivity index (χ2v) is 5.92. The van der Waals surface area contributed by atoms with Crippen molar-refractivity contribution in [1.29, 1.82) is 0 Å². The molecule has 1 amide bonds. The van der Waals surface area contributed by atoms with Crippen LogP contribution in [0.5, 0.6) is 0 Å². The van der Waals surface area contributed by atoms with Crippen LogP contribution in [-0.2, 0) is 9.59 Å². The lowest BCUT2D eigenvalue weighted by molar-refractivity contribution is -0.137. The first-order valence-electron chi connectivity index (χ1n) is 6.12. The van der Waals surface area contributed by atoms with Crippen molar-refractivity contribution in [2.45, 2.75) is 47.0 Å². The maximum atomic E-state index is 11.9. The third-order valence-electron chi connectivity index (χ3n) is 3.27. The van der Waals surface area contributed by atoms with Gasteiger partial charge in [-0.2, -0.15) is 0 Å². The summed E-state index contributed by atoms with van der Waals surface area (Å²) in [6.07, 6.45) is 2.57. The van der Waals surface area contributed by atoms with Crippen molar-refractivity contribution in [3.63, 3.8) is 0 Å². The highest BCUT2D eigenvalue weighted by atomic mass is 16.2. The number of rotatable bonds is 2. The zero-order valence-corrected chi connectivity index (χ0v) is 10.9. The lowest BCUT2D eigenvalue weighted by atomic mass is 9.90. The number of ketones is 1. The summed E-state index contributed by atoms with van der Waals surface area (Å²) in [6.45, 7) is 8.90. The van der Waals surface area contributed by atoms with Gasteiger partial charge in [-0.25, -0.2) is 0 Å². The summed E-state index contributed by atoms with van der Waals surface area (Å²) < 4.78 is 0. The van der Waals surface area contributed by atoms with Gasteiger partial charge in [0.25, 0.3) is 0 Å². The fourth-order valence-corrected chi connectivity index (χ4v) is 1.75. The highest BCUT2D eigenvalue weighted by Gasteiger charge is 2.27. The van der Waals surface area contributed by atoms with Gasteiger partial charge in [-0.3, -0.25) is 9.59 Å². The van der Waals surface area contributed by atoms with E-state index in [4.69, 9.17) is 0 Å². The molecule has 1 heterocycles. The molecule has 1 aliphatic heterocycles. The molecule has 1 atom stereocenters. The van der Waals surface area contributed by atoms with E-state index in [1.54, 1.807) is 4.90 Å².